The van der Waals surface area contributed by atoms with E-state index >= 15 is 0 Å². The number of fused-ring (bicyclic) bond motifs is 1. The summed E-state index contributed by atoms with van der Waals surface area (Å²) in [7, 11) is 1.65. The summed E-state index contributed by atoms with van der Waals surface area (Å²) in [5.74, 6) is 1.15. The van der Waals surface area contributed by atoms with Crippen LogP contribution in [0.25, 0.3) is 0 Å². The number of nitrogens with two attached hydrogens (primary N) is 1. The minimum absolute atomic E-state index is 0.0561. The first-order valence-electron chi connectivity index (χ1n) is 8.85. The van der Waals surface area contributed by atoms with Crippen molar-refractivity contribution in [1.29, 1.82) is 0 Å². The van der Waals surface area contributed by atoms with Crippen LogP contribution >= 0.6 is 0 Å². The van der Waals surface area contributed by atoms with Crippen LogP contribution in [0.4, 0.5) is 11.4 Å². The summed E-state index contributed by atoms with van der Waals surface area (Å²) in [6.07, 6.45) is 1.24. The molecule has 142 valence electrons. The van der Waals surface area contributed by atoms with Crippen LogP contribution < -0.4 is 21.1 Å². The summed E-state index contributed by atoms with van der Waals surface area (Å²) in [5, 5.41) is 5.95. The van der Waals surface area contributed by atoms with Crippen LogP contribution in [0.2, 0.25) is 0 Å². The molecule has 0 fully saturated rings. The molecule has 0 bridgehead atoms. The van der Waals surface area contributed by atoms with Crippen molar-refractivity contribution in [2.45, 2.75) is 19.4 Å². The zero-order valence-corrected chi connectivity index (χ0v) is 15.3. The number of aryl methyl sites for hydroxylation is 1. The van der Waals surface area contributed by atoms with Crippen molar-refractivity contribution in [1.82, 2.24) is 0 Å². The third kappa shape index (κ3) is 5.21. The molecule has 1 aliphatic rings. The normalized spacial score (nSPS) is 13.7. The summed E-state index contributed by atoms with van der Waals surface area (Å²) < 4.78 is 10.9. The van der Waals surface area contributed by atoms with E-state index in [1.54, 1.807) is 7.11 Å². The van der Waals surface area contributed by atoms with E-state index in [4.69, 9.17) is 15.2 Å². The zero-order valence-electron chi connectivity index (χ0n) is 15.3. The minimum atomic E-state index is 0.0561. The average molecular weight is 368 g/mol. The number of nitrogens with one attached hydrogen (secondary N) is 2. The predicted octanol–water partition coefficient (Wildman–Crippen LogP) is 2.52. The molecule has 2 aromatic rings. The van der Waals surface area contributed by atoms with Gasteiger partial charge in [0.1, 0.15) is 12.4 Å². The molecule has 0 unspecified atom stereocenters. The van der Waals surface area contributed by atoms with Gasteiger partial charge in [-0.2, -0.15) is 0 Å². The Balaban J connectivity index is 1.50. The highest BCUT2D eigenvalue weighted by Gasteiger charge is 2.14. The van der Waals surface area contributed by atoms with Gasteiger partial charge in [0, 0.05) is 30.5 Å². The average Bonchev–Trinajstić information content (AvgIpc) is 2.67. The number of amides is 1. The molecule has 2 aromatic carbocycles. The molecular weight excluding hydrogens is 344 g/mol. The van der Waals surface area contributed by atoms with Gasteiger partial charge < -0.3 is 25.8 Å². The van der Waals surface area contributed by atoms with Crippen molar-refractivity contribution in [3.63, 3.8) is 0 Å². The van der Waals surface area contributed by atoms with Crippen LogP contribution in [0.3, 0.4) is 0 Å². The highest BCUT2D eigenvalue weighted by atomic mass is 16.5. The Morgan fingerprint density at radius 3 is 2.96 bits per heavy atom. The fourth-order valence-corrected chi connectivity index (χ4v) is 2.88. The van der Waals surface area contributed by atoms with Crippen LogP contribution in [0.1, 0.15) is 17.5 Å². The van der Waals surface area contributed by atoms with Gasteiger partial charge in [-0.05, 0) is 36.2 Å². The van der Waals surface area contributed by atoms with Crippen molar-refractivity contribution in [2.75, 3.05) is 30.9 Å². The Morgan fingerprint density at radius 2 is 2.11 bits per heavy atom. The summed E-state index contributed by atoms with van der Waals surface area (Å²) in [4.78, 5) is 15.7. The largest absolute Gasteiger partial charge is 0.492 e. The van der Waals surface area contributed by atoms with Gasteiger partial charge in [-0.15, -0.1) is 0 Å². The second-order valence-electron chi connectivity index (χ2n) is 6.20. The summed E-state index contributed by atoms with van der Waals surface area (Å²) in [5.41, 5.74) is 9.79. The van der Waals surface area contributed by atoms with E-state index in [2.05, 4.69) is 15.6 Å². The van der Waals surface area contributed by atoms with Gasteiger partial charge in [0.15, 0.2) is 5.96 Å². The van der Waals surface area contributed by atoms with Crippen molar-refractivity contribution in [3.05, 3.63) is 53.6 Å². The molecule has 1 aliphatic heterocycles. The molecule has 4 N–H and O–H groups in total. The van der Waals surface area contributed by atoms with Gasteiger partial charge in [0.05, 0.1) is 13.2 Å². The number of anilines is 2. The molecule has 7 heteroatoms. The van der Waals surface area contributed by atoms with Gasteiger partial charge in [-0.1, -0.05) is 18.2 Å². The lowest BCUT2D eigenvalue weighted by molar-refractivity contribution is -0.116. The highest BCUT2D eigenvalue weighted by molar-refractivity contribution is 5.94. The minimum Gasteiger partial charge on any atom is -0.492 e. The van der Waals surface area contributed by atoms with Crippen molar-refractivity contribution < 1.29 is 14.3 Å². The number of ether oxygens (including phenoxy) is 2. The maximum Gasteiger partial charge on any atom is 0.224 e. The first-order valence-corrected chi connectivity index (χ1v) is 8.85. The number of carbonyl (C=O) groups is 1. The lowest BCUT2D eigenvalue weighted by Crippen LogP contribution is -2.24. The second-order valence-corrected chi connectivity index (χ2v) is 6.20. The van der Waals surface area contributed by atoms with Crippen molar-refractivity contribution >= 4 is 23.2 Å². The van der Waals surface area contributed by atoms with Crippen molar-refractivity contribution in [2.24, 2.45) is 10.7 Å². The van der Waals surface area contributed by atoms with Crippen LogP contribution in [-0.4, -0.2) is 32.1 Å². The number of para-hydroxylation sites is 1. The molecular formula is C20H24N4O3. The van der Waals surface area contributed by atoms with Crippen molar-refractivity contribution in [3.8, 4) is 5.75 Å². The van der Waals surface area contributed by atoms with Crippen LogP contribution in [-0.2, 0) is 22.6 Å². The molecule has 0 aromatic heterocycles. The van der Waals surface area contributed by atoms with E-state index in [1.807, 2.05) is 42.5 Å². The van der Waals surface area contributed by atoms with Crippen LogP contribution in [0.15, 0.2) is 47.5 Å². The molecule has 27 heavy (non-hydrogen) atoms. The van der Waals surface area contributed by atoms with Gasteiger partial charge in [0.2, 0.25) is 5.91 Å². The van der Waals surface area contributed by atoms with E-state index in [1.165, 1.54) is 0 Å². The van der Waals surface area contributed by atoms with Gasteiger partial charge >= 0.3 is 0 Å². The Hall–Kier alpha value is -3.06. The second kappa shape index (κ2) is 9.05. The lowest BCUT2D eigenvalue weighted by Gasteiger charge is -2.17. The van der Waals surface area contributed by atoms with Crippen LogP contribution in [0, 0.1) is 0 Å². The monoisotopic (exact) mass is 368 g/mol. The first kappa shape index (κ1) is 18.7. The number of hydrogen-bond donors (Lipinski definition) is 3. The van der Waals surface area contributed by atoms with Gasteiger partial charge in [-0.3, -0.25) is 4.79 Å². The summed E-state index contributed by atoms with van der Waals surface area (Å²) >= 11 is 0. The van der Waals surface area contributed by atoms with E-state index in [-0.39, 0.29) is 5.91 Å². The molecule has 1 amide bonds. The topological polar surface area (TPSA) is 98.0 Å². The van der Waals surface area contributed by atoms with Gasteiger partial charge in [0.25, 0.3) is 0 Å². The molecule has 0 radical (unpaired) electrons. The molecule has 1 heterocycles. The number of benzene rings is 2. The SMILES string of the molecule is COCc1ccccc1NC(N)=NCCOc1ccc2c(c1)CCC(=O)N2. The van der Waals surface area contributed by atoms with E-state index in [9.17, 15) is 4.79 Å². The molecule has 0 aliphatic carbocycles. The third-order valence-electron chi connectivity index (χ3n) is 4.19. The Labute approximate surface area is 158 Å². The molecule has 0 saturated carbocycles. The van der Waals surface area contributed by atoms with E-state index < -0.39 is 0 Å². The molecule has 3 rings (SSSR count). The molecule has 0 spiro atoms. The smallest absolute Gasteiger partial charge is 0.224 e. The molecule has 7 nitrogen and oxygen atoms in total. The fourth-order valence-electron chi connectivity index (χ4n) is 2.88. The number of methoxy groups -OCH3 is 1. The number of nitrogens with zero attached hydrogens (tertiary/aromatic N) is 1. The van der Waals surface area contributed by atoms with Crippen LogP contribution in [0.5, 0.6) is 5.75 Å². The number of carbonyl (C=O) groups excluding carboxylic acids is 1. The Morgan fingerprint density at radius 1 is 1.26 bits per heavy atom. The number of hydrogen-bond acceptors (Lipinski definition) is 4. The maximum absolute atomic E-state index is 11.4. The number of rotatable bonds is 7. The number of aliphatic imine (C=N–C) groups is 1. The molecule has 0 atom stereocenters. The fraction of sp³-hybridized carbons (Fsp3) is 0.300. The molecule has 0 saturated heterocycles. The highest BCUT2D eigenvalue weighted by Crippen LogP contribution is 2.26. The first-order chi connectivity index (χ1) is 13.2. The van der Waals surface area contributed by atoms with E-state index in [0.29, 0.717) is 32.1 Å². The quantitative estimate of drug-likeness (QED) is 0.396. The third-order valence-corrected chi connectivity index (χ3v) is 4.19. The summed E-state index contributed by atoms with van der Waals surface area (Å²) in [6, 6.07) is 13.5. The maximum atomic E-state index is 11.4. The predicted molar refractivity (Wildman–Crippen MR) is 106 cm³/mol. The lowest BCUT2D eigenvalue weighted by atomic mass is 10.0. The standard InChI is InChI=1S/C20H24N4O3/c1-26-13-15-4-2-3-5-17(15)24-20(21)22-10-11-27-16-7-8-18-14(12-16)6-9-19(25)23-18/h2-5,7-8,12H,6,9-11,13H2,1H3,(H,23,25)(H3,21,22,24). The Kier molecular flexibility index (Phi) is 6.27. The summed E-state index contributed by atoms with van der Waals surface area (Å²) in [6.45, 7) is 1.34. The Bertz CT molecular complexity index is 836. The zero-order chi connectivity index (χ0) is 19.1. The van der Waals surface area contributed by atoms with E-state index in [0.717, 1.165) is 34.7 Å². The number of guanidine groups is 1. The van der Waals surface area contributed by atoms with Gasteiger partial charge in [-0.25, -0.2) is 4.99 Å².